The Hall–Kier alpha value is -2.94. The normalized spacial score (nSPS) is 12.3. The number of esters is 4. The first-order chi connectivity index (χ1) is 18.2. The van der Waals surface area contributed by atoms with E-state index in [9.17, 15) is 19.2 Å². The summed E-state index contributed by atoms with van der Waals surface area (Å²) in [4.78, 5) is 48.8. The Bertz CT molecular complexity index is 885. The fraction of sp³-hybridized carbons (Fsp3) is 0.655. The van der Waals surface area contributed by atoms with Crippen LogP contribution in [0.2, 0.25) is 0 Å². The molecule has 1 rings (SSSR count). The minimum absolute atomic E-state index is 0.0442. The van der Waals surface area contributed by atoms with Gasteiger partial charge in [0.25, 0.3) is 0 Å². The molecule has 0 bridgehead atoms. The molecule has 0 unspecified atom stereocenters. The second-order valence-corrected chi connectivity index (χ2v) is 9.49. The summed E-state index contributed by atoms with van der Waals surface area (Å²) in [6.45, 7) is 7.65. The summed E-state index contributed by atoms with van der Waals surface area (Å²) in [6, 6.07) is 3.76. The Morgan fingerprint density at radius 3 is 1.89 bits per heavy atom. The van der Waals surface area contributed by atoms with E-state index >= 15 is 0 Å². The number of unbranched alkanes of at least 4 members (excludes halogenated alkanes) is 5. The van der Waals surface area contributed by atoms with E-state index < -0.39 is 30.1 Å². The second kappa shape index (κ2) is 19.2. The second-order valence-electron chi connectivity index (χ2n) is 9.49. The van der Waals surface area contributed by atoms with Crippen molar-refractivity contribution in [1.82, 2.24) is 0 Å². The zero-order chi connectivity index (χ0) is 28.3. The van der Waals surface area contributed by atoms with Crippen molar-refractivity contribution in [3.05, 3.63) is 23.8 Å². The number of benzene rings is 1. The molecule has 0 heterocycles. The summed E-state index contributed by atoms with van der Waals surface area (Å²) in [5, 5.41) is 0. The van der Waals surface area contributed by atoms with E-state index in [-0.39, 0.29) is 43.3 Å². The van der Waals surface area contributed by atoms with Gasteiger partial charge in [0.1, 0.15) is 18.8 Å². The van der Waals surface area contributed by atoms with Crippen LogP contribution in [0.4, 0.5) is 0 Å². The first-order valence-electron chi connectivity index (χ1n) is 13.9. The van der Waals surface area contributed by atoms with Crippen LogP contribution in [0.15, 0.2) is 18.2 Å². The van der Waals surface area contributed by atoms with Gasteiger partial charge >= 0.3 is 23.9 Å². The SMILES string of the molecule is CCCCCC(=O)Oc1ccc(C[C@H](N)C(=O)O[C@@H](C)COC(=O)CCCC)cc1OC(=O)CCCCC. The van der Waals surface area contributed by atoms with Gasteiger partial charge in [-0.1, -0.05) is 58.9 Å². The Morgan fingerprint density at radius 2 is 1.32 bits per heavy atom. The van der Waals surface area contributed by atoms with Gasteiger partial charge in [0, 0.05) is 19.3 Å². The van der Waals surface area contributed by atoms with Crippen LogP contribution in [0.25, 0.3) is 0 Å². The topological polar surface area (TPSA) is 131 Å². The minimum Gasteiger partial charge on any atom is -0.462 e. The monoisotopic (exact) mass is 535 g/mol. The third-order valence-electron chi connectivity index (χ3n) is 5.71. The van der Waals surface area contributed by atoms with Crippen LogP contribution in [-0.2, 0) is 35.1 Å². The van der Waals surface area contributed by atoms with Crippen LogP contribution in [-0.4, -0.2) is 42.6 Å². The van der Waals surface area contributed by atoms with Gasteiger partial charge in [0.05, 0.1) is 0 Å². The zero-order valence-corrected chi connectivity index (χ0v) is 23.4. The highest BCUT2D eigenvalue weighted by atomic mass is 16.6. The molecule has 0 aliphatic rings. The Morgan fingerprint density at radius 1 is 0.763 bits per heavy atom. The standard InChI is InChI=1S/C29H45NO8/c1-5-8-11-14-27(32)37-24-17-16-22(19-25(24)38-28(33)15-12-9-6-2)18-23(30)29(34)36-21(4)20-35-26(31)13-10-7-3/h16-17,19,21,23H,5-15,18,20,30H2,1-4H3/t21-,23-/m0/s1. The molecule has 0 spiro atoms. The highest BCUT2D eigenvalue weighted by molar-refractivity contribution is 5.77. The Labute approximate surface area is 226 Å². The van der Waals surface area contributed by atoms with E-state index in [4.69, 9.17) is 24.7 Å². The minimum atomic E-state index is -0.996. The lowest BCUT2D eigenvalue weighted by atomic mass is 10.1. The molecule has 0 saturated carbocycles. The molecule has 0 saturated heterocycles. The van der Waals surface area contributed by atoms with Crippen LogP contribution in [0.1, 0.15) is 104 Å². The zero-order valence-electron chi connectivity index (χ0n) is 23.4. The van der Waals surface area contributed by atoms with E-state index in [2.05, 4.69) is 0 Å². The molecular weight excluding hydrogens is 490 g/mol. The highest BCUT2D eigenvalue weighted by Gasteiger charge is 2.21. The lowest BCUT2D eigenvalue weighted by molar-refractivity contribution is -0.159. The summed E-state index contributed by atoms with van der Waals surface area (Å²) < 4.78 is 21.4. The molecule has 0 radical (unpaired) electrons. The quantitative estimate of drug-likeness (QED) is 0.144. The molecule has 1 aromatic rings. The lowest BCUT2D eigenvalue weighted by Gasteiger charge is -2.18. The van der Waals surface area contributed by atoms with Gasteiger partial charge in [-0.2, -0.15) is 0 Å². The van der Waals surface area contributed by atoms with Crippen LogP contribution >= 0.6 is 0 Å². The number of carbonyl (C=O) groups is 4. The van der Waals surface area contributed by atoms with E-state index in [1.165, 1.54) is 6.07 Å². The van der Waals surface area contributed by atoms with Crippen molar-refractivity contribution in [3.63, 3.8) is 0 Å². The summed E-state index contributed by atoms with van der Waals surface area (Å²) in [5.74, 6) is -1.55. The molecule has 38 heavy (non-hydrogen) atoms. The van der Waals surface area contributed by atoms with Crippen molar-refractivity contribution in [2.24, 2.45) is 5.73 Å². The van der Waals surface area contributed by atoms with Gasteiger partial charge < -0.3 is 24.7 Å². The molecule has 1 aromatic carbocycles. The third-order valence-corrected chi connectivity index (χ3v) is 5.71. The smallest absolute Gasteiger partial charge is 0.323 e. The first-order valence-corrected chi connectivity index (χ1v) is 13.9. The molecule has 9 nitrogen and oxygen atoms in total. The number of carbonyl (C=O) groups excluding carboxylic acids is 4. The van der Waals surface area contributed by atoms with E-state index in [0.717, 1.165) is 38.5 Å². The predicted octanol–water partition coefficient (Wildman–Crippen LogP) is 5.19. The number of rotatable bonds is 19. The summed E-state index contributed by atoms with van der Waals surface area (Å²) in [6.07, 6.45) is 7.11. The predicted molar refractivity (Wildman–Crippen MR) is 144 cm³/mol. The maximum Gasteiger partial charge on any atom is 0.323 e. The van der Waals surface area contributed by atoms with Gasteiger partial charge in [0.2, 0.25) is 0 Å². The Balaban J connectivity index is 2.81. The van der Waals surface area contributed by atoms with Crippen molar-refractivity contribution >= 4 is 23.9 Å². The number of ether oxygens (including phenoxy) is 4. The van der Waals surface area contributed by atoms with Gasteiger partial charge in [-0.25, -0.2) is 0 Å². The van der Waals surface area contributed by atoms with Gasteiger partial charge in [0.15, 0.2) is 11.5 Å². The molecule has 0 fully saturated rings. The van der Waals surface area contributed by atoms with Crippen LogP contribution in [0.3, 0.4) is 0 Å². The fourth-order valence-electron chi connectivity index (χ4n) is 3.49. The molecule has 2 atom stereocenters. The highest BCUT2D eigenvalue weighted by Crippen LogP contribution is 2.30. The Kier molecular flexibility index (Phi) is 16.7. The van der Waals surface area contributed by atoms with Crippen molar-refractivity contribution in [3.8, 4) is 11.5 Å². The summed E-state index contributed by atoms with van der Waals surface area (Å²) in [7, 11) is 0. The molecule has 0 aromatic heterocycles. The number of hydrogen-bond acceptors (Lipinski definition) is 9. The van der Waals surface area contributed by atoms with Crippen LogP contribution < -0.4 is 15.2 Å². The van der Waals surface area contributed by atoms with Crippen LogP contribution in [0, 0.1) is 0 Å². The third kappa shape index (κ3) is 14.1. The largest absolute Gasteiger partial charge is 0.462 e. The van der Waals surface area contributed by atoms with Gasteiger partial charge in [-0.15, -0.1) is 0 Å². The van der Waals surface area contributed by atoms with E-state index in [0.29, 0.717) is 24.8 Å². The molecule has 0 amide bonds. The molecule has 0 aliphatic heterocycles. The maximum atomic E-state index is 12.5. The molecule has 214 valence electrons. The van der Waals surface area contributed by atoms with Gasteiger partial charge in [-0.05, 0) is 50.3 Å². The average molecular weight is 536 g/mol. The van der Waals surface area contributed by atoms with Crippen molar-refractivity contribution in [2.75, 3.05) is 6.61 Å². The summed E-state index contributed by atoms with van der Waals surface area (Å²) in [5.41, 5.74) is 6.67. The van der Waals surface area contributed by atoms with Gasteiger partial charge in [-0.3, -0.25) is 19.2 Å². The molecule has 0 aliphatic carbocycles. The van der Waals surface area contributed by atoms with Crippen molar-refractivity contribution < 1.29 is 38.1 Å². The molecular formula is C29H45NO8. The van der Waals surface area contributed by atoms with Crippen molar-refractivity contribution in [2.45, 2.75) is 117 Å². The fourth-order valence-corrected chi connectivity index (χ4v) is 3.49. The van der Waals surface area contributed by atoms with Crippen molar-refractivity contribution in [1.29, 1.82) is 0 Å². The average Bonchev–Trinajstić information content (AvgIpc) is 2.88. The summed E-state index contributed by atoms with van der Waals surface area (Å²) >= 11 is 0. The maximum absolute atomic E-state index is 12.5. The first kappa shape index (κ1) is 33.1. The number of hydrogen-bond donors (Lipinski definition) is 1. The van der Waals surface area contributed by atoms with E-state index in [1.807, 2.05) is 20.8 Å². The van der Waals surface area contributed by atoms with Crippen LogP contribution in [0.5, 0.6) is 11.5 Å². The lowest BCUT2D eigenvalue weighted by Crippen LogP contribution is -2.37. The number of nitrogens with two attached hydrogens (primary N) is 1. The molecule has 2 N–H and O–H groups in total. The molecule has 9 heteroatoms. The van der Waals surface area contributed by atoms with E-state index in [1.54, 1.807) is 19.1 Å².